The van der Waals surface area contributed by atoms with E-state index in [-0.39, 0.29) is 0 Å². The topological polar surface area (TPSA) is 6.48 Å². The van der Waals surface area contributed by atoms with Gasteiger partial charge in [-0.1, -0.05) is 0 Å². The van der Waals surface area contributed by atoms with Crippen molar-refractivity contribution in [3.05, 3.63) is 0 Å². The van der Waals surface area contributed by atoms with Gasteiger partial charge in [-0.05, 0) is 45.8 Å². The fourth-order valence-corrected chi connectivity index (χ4v) is 2.74. The van der Waals surface area contributed by atoms with Crippen molar-refractivity contribution in [3.8, 4) is 0 Å². The van der Waals surface area contributed by atoms with Crippen LogP contribution in [0.1, 0.15) is 25.7 Å². The lowest BCUT2D eigenvalue weighted by atomic mass is 9.85. The average molecular weight is 164 g/mol. The molecular formula is C9H17BN2. The van der Waals surface area contributed by atoms with Crippen LogP contribution in [-0.4, -0.2) is 49.9 Å². The van der Waals surface area contributed by atoms with Gasteiger partial charge in [-0.15, -0.1) is 0 Å². The molecule has 0 N–H and O–H groups in total. The van der Waals surface area contributed by atoms with Crippen LogP contribution >= 0.6 is 0 Å². The standard InChI is InChI=1S/C9H17BN2/c1-11-6-2-4-9(11)5-3-7-12(10)8-9/h2-8H2,1H3. The maximum absolute atomic E-state index is 5.86. The zero-order valence-corrected chi connectivity index (χ0v) is 7.92. The smallest absolute Gasteiger partial charge is 0.182 e. The second-order valence-corrected chi connectivity index (χ2v) is 4.32. The van der Waals surface area contributed by atoms with Crippen LogP contribution in [0, 0.1) is 0 Å². The molecule has 1 unspecified atom stereocenters. The summed E-state index contributed by atoms with van der Waals surface area (Å²) in [7, 11) is 8.10. The maximum Gasteiger partial charge on any atom is 0.182 e. The fraction of sp³-hybridized carbons (Fsp3) is 1.00. The normalized spacial score (nSPS) is 39.4. The number of hydrogen-bond donors (Lipinski definition) is 0. The molecule has 0 aromatic rings. The summed E-state index contributed by atoms with van der Waals surface area (Å²) in [5.74, 6) is 0. The minimum atomic E-state index is 0.437. The summed E-state index contributed by atoms with van der Waals surface area (Å²) in [5, 5.41) is 0. The molecule has 0 bridgehead atoms. The van der Waals surface area contributed by atoms with Crippen LogP contribution in [-0.2, 0) is 0 Å². The van der Waals surface area contributed by atoms with Crippen LogP contribution in [0.5, 0.6) is 0 Å². The van der Waals surface area contributed by atoms with Crippen LogP contribution in [0.25, 0.3) is 0 Å². The third kappa shape index (κ3) is 1.29. The van der Waals surface area contributed by atoms with Gasteiger partial charge < -0.3 is 4.81 Å². The molecule has 1 atom stereocenters. The number of hydrogen-bond acceptors (Lipinski definition) is 2. The minimum Gasteiger partial charge on any atom is -0.352 e. The molecule has 3 heteroatoms. The van der Waals surface area contributed by atoms with Crippen molar-refractivity contribution in [2.24, 2.45) is 0 Å². The van der Waals surface area contributed by atoms with Gasteiger partial charge in [-0.25, -0.2) is 0 Å². The molecule has 2 radical (unpaired) electrons. The van der Waals surface area contributed by atoms with Crippen molar-refractivity contribution in [3.63, 3.8) is 0 Å². The molecule has 12 heavy (non-hydrogen) atoms. The van der Waals surface area contributed by atoms with Gasteiger partial charge in [0, 0.05) is 12.1 Å². The van der Waals surface area contributed by atoms with Gasteiger partial charge in [0.15, 0.2) is 7.98 Å². The number of likely N-dealkylation sites (N-methyl/N-ethyl adjacent to an activating group) is 1. The summed E-state index contributed by atoms with van der Waals surface area (Å²) in [4.78, 5) is 4.50. The summed E-state index contributed by atoms with van der Waals surface area (Å²) < 4.78 is 0. The second-order valence-electron chi connectivity index (χ2n) is 4.32. The molecule has 66 valence electrons. The molecule has 2 rings (SSSR count). The van der Waals surface area contributed by atoms with Gasteiger partial charge in [0.05, 0.1) is 0 Å². The predicted molar refractivity (Wildman–Crippen MR) is 51.2 cm³/mol. The molecule has 0 amide bonds. The monoisotopic (exact) mass is 164 g/mol. The summed E-state index contributed by atoms with van der Waals surface area (Å²) in [6.07, 6.45) is 5.31. The van der Waals surface area contributed by atoms with Crippen LogP contribution in [0.2, 0.25) is 0 Å². The first kappa shape index (κ1) is 8.58. The van der Waals surface area contributed by atoms with Gasteiger partial charge >= 0.3 is 0 Å². The third-order valence-electron chi connectivity index (χ3n) is 3.53. The molecular weight excluding hydrogens is 147 g/mol. The lowest BCUT2D eigenvalue weighted by Crippen LogP contribution is -2.53. The Morgan fingerprint density at radius 1 is 1.17 bits per heavy atom. The molecule has 0 aliphatic carbocycles. The first-order valence-corrected chi connectivity index (χ1v) is 4.94. The van der Waals surface area contributed by atoms with Crippen LogP contribution in [0.15, 0.2) is 0 Å². The van der Waals surface area contributed by atoms with E-state index < -0.39 is 0 Å². The lowest BCUT2D eigenvalue weighted by molar-refractivity contribution is 0.0977. The highest BCUT2D eigenvalue weighted by atomic mass is 15.2. The molecule has 0 aromatic carbocycles. The first-order valence-electron chi connectivity index (χ1n) is 4.94. The van der Waals surface area contributed by atoms with E-state index in [1.54, 1.807) is 0 Å². The number of likely N-dealkylation sites (tertiary alicyclic amines) is 1. The highest BCUT2D eigenvalue weighted by molar-refractivity contribution is 6.04. The molecule has 0 aromatic heterocycles. The Morgan fingerprint density at radius 2 is 1.83 bits per heavy atom. The number of nitrogens with zero attached hydrogens (tertiary/aromatic N) is 2. The van der Waals surface area contributed by atoms with Crippen molar-refractivity contribution in [1.82, 2.24) is 9.71 Å². The SMILES string of the molecule is [B]N1CCCC2(CCCN2C)C1. The molecule has 2 fully saturated rings. The summed E-state index contributed by atoms with van der Waals surface area (Å²) in [6, 6.07) is 0. The molecule has 0 saturated carbocycles. The average Bonchev–Trinajstić information content (AvgIpc) is 2.33. The lowest BCUT2D eigenvalue weighted by Gasteiger charge is -2.44. The van der Waals surface area contributed by atoms with Crippen molar-refractivity contribution in [2.45, 2.75) is 31.2 Å². The van der Waals surface area contributed by atoms with E-state index in [0.717, 1.165) is 13.1 Å². The number of rotatable bonds is 0. The molecule has 2 saturated heterocycles. The van der Waals surface area contributed by atoms with Crippen molar-refractivity contribution >= 4 is 7.98 Å². The summed E-state index contributed by atoms with van der Waals surface area (Å²) in [6.45, 7) is 3.41. The van der Waals surface area contributed by atoms with Gasteiger partial charge in [0.25, 0.3) is 0 Å². The summed E-state index contributed by atoms with van der Waals surface area (Å²) >= 11 is 0. The Balaban J connectivity index is 2.08. The maximum atomic E-state index is 5.86. The van der Waals surface area contributed by atoms with Crippen molar-refractivity contribution in [2.75, 3.05) is 26.7 Å². The van der Waals surface area contributed by atoms with Crippen molar-refractivity contribution in [1.29, 1.82) is 0 Å². The Hall–Kier alpha value is -0.0151. The van der Waals surface area contributed by atoms with E-state index in [4.69, 9.17) is 7.98 Å². The Labute approximate surface area is 76.3 Å². The zero-order valence-electron chi connectivity index (χ0n) is 7.92. The fourth-order valence-electron chi connectivity index (χ4n) is 2.74. The molecule has 2 heterocycles. The molecule has 2 aliphatic rings. The van der Waals surface area contributed by atoms with Gasteiger partial charge in [0.1, 0.15) is 0 Å². The van der Waals surface area contributed by atoms with Crippen LogP contribution in [0.4, 0.5) is 0 Å². The molecule has 2 nitrogen and oxygen atoms in total. The van der Waals surface area contributed by atoms with E-state index >= 15 is 0 Å². The molecule has 1 spiro atoms. The Bertz CT molecular complexity index is 174. The van der Waals surface area contributed by atoms with Gasteiger partial charge in [-0.2, -0.15) is 0 Å². The highest BCUT2D eigenvalue weighted by Gasteiger charge is 2.40. The van der Waals surface area contributed by atoms with E-state index in [2.05, 4.69) is 11.9 Å². The van der Waals surface area contributed by atoms with Crippen LogP contribution in [0.3, 0.4) is 0 Å². The Kier molecular flexibility index (Phi) is 2.17. The second kappa shape index (κ2) is 3.04. The van der Waals surface area contributed by atoms with E-state index in [9.17, 15) is 0 Å². The van der Waals surface area contributed by atoms with E-state index in [0.29, 0.717) is 5.54 Å². The first-order chi connectivity index (χ1) is 5.73. The highest BCUT2D eigenvalue weighted by Crippen LogP contribution is 2.35. The van der Waals surface area contributed by atoms with E-state index in [1.807, 2.05) is 4.81 Å². The minimum absolute atomic E-state index is 0.437. The third-order valence-corrected chi connectivity index (χ3v) is 3.53. The quantitative estimate of drug-likeness (QED) is 0.484. The van der Waals surface area contributed by atoms with E-state index in [1.165, 1.54) is 32.2 Å². The van der Waals surface area contributed by atoms with Gasteiger partial charge in [0.2, 0.25) is 0 Å². The predicted octanol–water partition coefficient (Wildman–Crippen LogP) is 0.630. The van der Waals surface area contributed by atoms with Crippen LogP contribution < -0.4 is 0 Å². The number of piperidine rings is 1. The zero-order chi connectivity index (χ0) is 8.60. The largest absolute Gasteiger partial charge is 0.352 e. The molecule has 2 aliphatic heterocycles. The Morgan fingerprint density at radius 3 is 2.42 bits per heavy atom. The van der Waals surface area contributed by atoms with Crippen molar-refractivity contribution < 1.29 is 0 Å². The van der Waals surface area contributed by atoms with Gasteiger partial charge in [-0.3, -0.25) is 4.90 Å². The summed E-state index contributed by atoms with van der Waals surface area (Å²) in [5.41, 5.74) is 0.437.